The minimum Gasteiger partial charge on any atom is -0.496 e. The number of benzene rings is 1. The topological polar surface area (TPSA) is 26.3 Å². The third kappa shape index (κ3) is 2.63. The number of thiol groups is 1. The van der Waals surface area contributed by atoms with Crippen LogP contribution in [0.2, 0.25) is 0 Å². The van der Waals surface area contributed by atoms with Crippen molar-refractivity contribution in [2.75, 3.05) is 7.11 Å². The summed E-state index contributed by atoms with van der Waals surface area (Å²) in [5, 5.41) is 0. The first-order valence-electron chi connectivity index (χ1n) is 4.24. The van der Waals surface area contributed by atoms with Crippen LogP contribution < -0.4 is 4.74 Å². The number of allylic oxidation sites excluding steroid dienone is 1. The molecule has 0 atom stereocenters. The van der Waals surface area contributed by atoms with Gasteiger partial charge in [-0.25, -0.2) is 0 Å². The first-order chi connectivity index (χ1) is 6.97. The second-order valence-corrected chi connectivity index (χ2v) is 4.45. The van der Waals surface area contributed by atoms with Gasteiger partial charge in [0.15, 0.2) is 5.78 Å². The molecule has 0 aliphatic carbocycles. The van der Waals surface area contributed by atoms with Gasteiger partial charge in [0.2, 0.25) is 0 Å². The summed E-state index contributed by atoms with van der Waals surface area (Å²) in [6, 6.07) is 3.39. The third-order valence-corrected chi connectivity index (χ3v) is 2.89. The fraction of sp³-hybridized carbons (Fsp3) is 0.182. The zero-order valence-corrected chi connectivity index (χ0v) is 11.0. The molecular formula is C11H11BrO2S. The van der Waals surface area contributed by atoms with Crippen molar-refractivity contribution in [3.05, 3.63) is 34.3 Å². The SMILES string of the molecule is C=C(C)C(=O)c1cc(OC)c(Br)cc1S. The number of hydrogen-bond donors (Lipinski definition) is 1. The van der Waals surface area contributed by atoms with E-state index in [-0.39, 0.29) is 5.78 Å². The third-order valence-electron chi connectivity index (χ3n) is 1.90. The normalized spacial score (nSPS) is 9.87. The van der Waals surface area contributed by atoms with Gasteiger partial charge < -0.3 is 4.74 Å². The summed E-state index contributed by atoms with van der Waals surface area (Å²) in [4.78, 5) is 12.3. The van der Waals surface area contributed by atoms with E-state index >= 15 is 0 Å². The summed E-state index contributed by atoms with van der Waals surface area (Å²) in [6.45, 7) is 5.29. The second kappa shape index (κ2) is 4.86. The van der Waals surface area contributed by atoms with E-state index in [2.05, 4.69) is 35.1 Å². The maximum absolute atomic E-state index is 11.7. The number of halogens is 1. The molecule has 0 aliphatic rings. The molecule has 0 spiro atoms. The molecule has 1 aromatic rings. The van der Waals surface area contributed by atoms with E-state index in [1.807, 2.05) is 0 Å². The standard InChI is InChI=1S/C11H11BrO2S/c1-6(2)11(13)7-4-9(14-3)8(12)5-10(7)15/h4-5,15H,1H2,2-3H3. The Kier molecular flexibility index (Phi) is 3.99. The minimum absolute atomic E-state index is 0.120. The van der Waals surface area contributed by atoms with E-state index < -0.39 is 0 Å². The van der Waals surface area contributed by atoms with Crippen molar-refractivity contribution in [1.29, 1.82) is 0 Å². The first-order valence-corrected chi connectivity index (χ1v) is 5.48. The van der Waals surface area contributed by atoms with Crippen molar-refractivity contribution in [2.45, 2.75) is 11.8 Å². The Morgan fingerprint density at radius 1 is 1.53 bits per heavy atom. The van der Waals surface area contributed by atoms with E-state index in [9.17, 15) is 4.79 Å². The van der Waals surface area contributed by atoms with Crippen LogP contribution >= 0.6 is 28.6 Å². The monoisotopic (exact) mass is 286 g/mol. The molecule has 15 heavy (non-hydrogen) atoms. The number of carbonyl (C=O) groups is 1. The van der Waals surface area contributed by atoms with Crippen molar-refractivity contribution in [2.24, 2.45) is 0 Å². The smallest absolute Gasteiger partial charge is 0.189 e. The zero-order valence-electron chi connectivity index (χ0n) is 8.50. The Labute approximate surface area is 103 Å². The largest absolute Gasteiger partial charge is 0.496 e. The Hall–Kier alpha value is -0.740. The summed E-state index contributed by atoms with van der Waals surface area (Å²) in [7, 11) is 1.55. The fourth-order valence-corrected chi connectivity index (χ4v) is 2.09. The summed E-state index contributed by atoms with van der Waals surface area (Å²) in [6.07, 6.45) is 0. The lowest BCUT2D eigenvalue weighted by Crippen LogP contribution is -2.02. The number of ether oxygens (including phenoxy) is 1. The van der Waals surface area contributed by atoms with Gasteiger partial charge in [0.05, 0.1) is 11.6 Å². The lowest BCUT2D eigenvalue weighted by atomic mass is 10.1. The van der Waals surface area contributed by atoms with Crippen LogP contribution in [0.3, 0.4) is 0 Å². The number of rotatable bonds is 3. The fourth-order valence-electron chi connectivity index (χ4n) is 1.11. The molecule has 0 fully saturated rings. The Morgan fingerprint density at radius 2 is 2.13 bits per heavy atom. The molecule has 1 aromatic carbocycles. The predicted octanol–water partition coefficient (Wildman–Crippen LogP) is 3.51. The van der Waals surface area contributed by atoms with Crippen molar-refractivity contribution in [3.63, 3.8) is 0 Å². The van der Waals surface area contributed by atoms with Crippen molar-refractivity contribution < 1.29 is 9.53 Å². The molecule has 0 saturated heterocycles. The lowest BCUT2D eigenvalue weighted by Gasteiger charge is -2.08. The van der Waals surface area contributed by atoms with Crippen LogP contribution in [0.1, 0.15) is 17.3 Å². The number of carbonyl (C=O) groups excluding carboxylic acids is 1. The van der Waals surface area contributed by atoms with E-state index in [4.69, 9.17) is 4.74 Å². The highest BCUT2D eigenvalue weighted by molar-refractivity contribution is 9.10. The Morgan fingerprint density at radius 3 is 2.60 bits per heavy atom. The molecule has 0 unspecified atom stereocenters. The Balaban J connectivity index is 3.30. The van der Waals surface area contributed by atoms with E-state index in [0.29, 0.717) is 21.8 Å². The molecule has 0 heterocycles. The highest BCUT2D eigenvalue weighted by Crippen LogP contribution is 2.31. The van der Waals surface area contributed by atoms with Gasteiger partial charge in [-0.15, -0.1) is 12.6 Å². The van der Waals surface area contributed by atoms with Gasteiger partial charge >= 0.3 is 0 Å². The molecule has 0 aliphatic heterocycles. The predicted molar refractivity (Wildman–Crippen MR) is 67.1 cm³/mol. The van der Waals surface area contributed by atoms with Crippen molar-refractivity contribution in [3.8, 4) is 5.75 Å². The van der Waals surface area contributed by atoms with E-state index in [1.54, 1.807) is 26.2 Å². The van der Waals surface area contributed by atoms with E-state index in [0.717, 1.165) is 4.47 Å². The highest BCUT2D eigenvalue weighted by atomic mass is 79.9. The molecular weight excluding hydrogens is 276 g/mol. The molecule has 4 heteroatoms. The molecule has 2 nitrogen and oxygen atoms in total. The lowest BCUT2D eigenvalue weighted by molar-refractivity contribution is 0.103. The van der Waals surface area contributed by atoms with Crippen LogP contribution in [0.5, 0.6) is 5.75 Å². The van der Waals surface area contributed by atoms with Crippen LogP contribution in [-0.4, -0.2) is 12.9 Å². The van der Waals surface area contributed by atoms with Gasteiger partial charge in [0, 0.05) is 10.5 Å². The number of Topliss-reactive ketones (excluding diaryl/α,β-unsaturated/α-hetero) is 1. The van der Waals surface area contributed by atoms with Gasteiger partial charge in [0.1, 0.15) is 5.75 Å². The molecule has 80 valence electrons. The Bertz CT molecular complexity index is 427. The molecule has 0 bridgehead atoms. The minimum atomic E-state index is -0.120. The second-order valence-electron chi connectivity index (χ2n) is 3.11. The van der Waals surface area contributed by atoms with Gasteiger partial charge in [-0.2, -0.15) is 0 Å². The molecule has 0 N–H and O–H groups in total. The number of methoxy groups -OCH3 is 1. The quantitative estimate of drug-likeness (QED) is 0.523. The average molecular weight is 287 g/mol. The molecule has 0 radical (unpaired) electrons. The zero-order chi connectivity index (χ0) is 11.6. The maximum atomic E-state index is 11.7. The molecule has 0 amide bonds. The summed E-state index contributed by atoms with van der Waals surface area (Å²) >= 11 is 7.56. The van der Waals surface area contributed by atoms with E-state index in [1.165, 1.54) is 0 Å². The molecule has 1 rings (SSSR count). The van der Waals surface area contributed by atoms with Crippen LogP contribution in [0, 0.1) is 0 Å². The maximum Gasteiger partial charge on any atom is 0.189 e. The highest BCUT2D eigenvalue weighted by Gasteiger charge is 2.13. The summed E-state index contributed by atoms with van der Waals surface area (Å²) in [5.41, 5.74) is 0.987. The van der Waals surface area contributed by atoms with Gasteiger partial charge in [0.25, 0.3) is 0 Å². The summed E-state index contributed by atoms with van der Waals surface area (Å²) in [5.74, 6) is 0.489. The van der Waals surface area contributed by atoms with Crippen LogP contribution in [0.4, 0.5) is 0 Å². The van der Waals surface area contributed by atoms with Crippen LogP contribution in [0.15, 0.2) is 33.7 Å². The average Bonchev–Trinajstić information content (AvgIpc) is 2.17. The van der Waals surface area contributed by atoms with Gasteiger partial charge in [-0.05, 0) is 40.6 Å². The number of ketones is 1. The van der Waals surface area contributed by atoms with Gasteiger partial charge in [-0.1, -0.05) is 6.58 Å². The first kappa shape index (κ1) is 12.3. The number of hydrogen-bond acceptors (Lipinski definition) is 3. The molecule has 0 saturated carbocycles. The van der Waals surface area contributed by atoms with Crippen LogP contribution in [0.25, 0.3) is 0 Å². The van der Waals surface area contributed by atoms with Crippen molar-refractivity contribution in [1.82, 2.24) is 0 Å². The van der Waals surface area contributed by atoms with Gasteiger partial charge in [-0.3, -0.25) is 4.79 Å². The van der Waals surface area contributed by atoms with Crippen molar-refractivity contribution >= 4 is 34.3 Å². The summed E-state index contributed by atoms with van der Waals surface area (Å²) < 4.78 is 5.88. The van der Waals surface area contributed by atoms with Crippen LogP contribution in [-0.2, 0) is 0 Å². The molecule has 0 aromatic heterocycles.